The van der Waals surface area contributed by atoms with Gasteiger partial charge >= 0.3 is 6.18 Å². The van der Waals surface area contributed by atoms with Crippen molar-refractivity contribution < 1.29 is 17.7 Å². The summed E-state index contributed by atoms with van der Waals surface area (Å²) in [6, 6.07) is 0. The van der Waals surface area contributed by atoms with E-state index >= 15 is 0 Å². The van der Waals surface area contributed by atoms with E-state index in [1.54, 1.807) is 0 Å². The van der Waals surface area contributed by atoms with Crippen molar-refractivity contribution in [2.24, 2.45) is 0 Å². The van der Waals surface area contributed by atoms with Gasteiger partial charge in [0.15, 0.2) is 11.2 Å². The van der Waals surface area contributed by atoms with Crippen LogP contribution in [0.5, 0.6) is 0 Å². The van der Waals surface area contributed by atoms with Crippen molar-refractivity contribution in [1.29, 1.82) is 0 Å². The summed E-state index contributed by atoms with van der Waals surface area (Å²) in [5, 5.41) is 6.09. The third-order valence-corrected chi connectivity index (χ3v) is 2.63. The third kappa shape index (κ3) is 1.50. The van der Waals surface area contributed by atoms with Crippen molar-refractivity contribution in [3.8, 4) is 0 Å². The lowest BCUT2D eigenvalue weighted by atomic mass is 9.86. The van der Waals surface area contributed by atoms with Crippen LogP contribution in [0, 0.1) is 6.92 Å². The minimum Gasteiger partial charge on any atom is -0.338 e. The number of alkyl halides is 3. The highest BCUT2D eigenvalue weighted by atomic mass is 19.4. The van der Waals surface area contributed by atoms with E-state index in [2.05, 4.69) is 20.0 Å². The Bertz CT molecular complexity index is 354. The Hall–Kier alpha value is -1.11. The summed E-state index contributed by atoms with van der Waals surface area (Å²) in [4.78, 5) is 3.69. The summed E-state index contributed by atoms with van der Waals surface area (Å²) in [6.45, 7) is 1.61. The molecule has 7 heteroatoms. The number of aromatic nitrogens is 2. The Morgan fingerprint density at radius 1 is 1.47 bits per heavy atom. The van der Waals surface area contributed by atoms with E-state index in [9.17, 15) is 13.2 Å². The number of rotatable bonds is 1. The molecule has 0 bridgehead atoms. The van der Waals surface area contributed by atoms with Crippen LogP contribution in [0.15, 0.2) is 4.52 Å². The lowest BCUT2D eigenvalue weighted by Crippen LogP contribution is -2.44. The van der Waals surface area contributed by atoms with Gasteiger partial charge in [-0.25, -0.2) is 0 Å². The predicted molar refractivity (Wildman–Crippen MR) is 44.3 cm³/mol. The van der Waals surface area contributed by atoms with Gasteiger partial charge in [0.05, 0.1) is 0 Å². The molecule has 1 fully saturated rings. The zero-order valence-corrected chi connectivity index (χ0v) is 8.06. The molecule has 0 radical (unpaired) electrons. The van der Waals surface area contributed by atoms with E-state index < -0.39 is 11.6 Å². The van der Waals surface area contributed by atoms with Gasteiger partial charge in [0.2, 0.25) is 5.89 Å². The van der Waals surface area contributed by atoms with Gasteiger partial charge in [-0.2, -0.15) is 18.2 Å². The van der Waals surface area contributed by atoms with Crippen LogP contribution in [0.25, 0.3) is 0 Å². The molecule has 1 atom stereocenters. The van der Waals surface area contributed by atoms with E-state index in [1.807, 2.05) is 0 Å². The van der Waals surface area contributed by atoms with Gasteiger partial charge in [0.25, 0.3) is 0 Å². The molecule has 1 aromatic rings. The van der Waals surface area contributed by atoms with E-state index in [1.165, 1.54) is 6.92 Å². The topological polar surface area (TPSA) is 51.0 Å². The summed E-state index contributed by atoms with van der Waals surface area (Å²) in [6.07, 6.45) is -4.42. The first-order valence-corrected chi connectivity index (χ1v) is 4.54. The second-order valence-electron chi connectivity index (χ2n) is 3.65. The van der Waals surface area contributed by atoms with Crippen LogP contribution < -0.4 is 5.32 Å². The number of nitrogens with zero attached hydrogens (tertiary/aromatic N) is 2. The maximum atomic E-state index is 12.9. The Morgan fingerprint density at radius 2 is 2.20 bits per heavy atom. The van der Waals surface area contributed by atoms with Crippen molar-refractivity contribution in [2.75, 3.05) is 13.1 Å². The molecule has 2 rings (SSSR count). The number of hydrogen-bond acceptors (Lipinski definition) is 4. The van der Waals surface area contributed by atoms with Gasteiger partial charge in [-0.1, -0.05) is 5.16 Å². The van der Waals surface area contributed by atoms with Crippen LogP contribution in [0.1, 0.15) is 18.1 Å². The molecule has 0 saturated carbocycles. The lowest BCUT2D eigenvalue weighted by molar-refractivity contribution is -0.191. The molecule has 84 valence electrons. The molecule has 1 unspecified atom stereocenters. The van der Waals surface area contributed by atoms with Gasteiger partial charge in [0.1, 0.15) is 0 Å². The van der Waals surface area contributed by atoms with Crippen molar-refractivity contribution in [3.05, 3.63) is 11.7 Å². The monoisotopic (exact) mass is 221 g/mol. The zero-order chi connectivity index (χ0) is 11.1. The Labute approximate surface area is 83.8 Å². The van der Waals surface area contributed by atoms with Crippen molar-refractivity contribution in [2.45, 2.75) is 24.9 Å². The normalized spacial score (nSPS) is 27.2. The first-order chi connectivity index (χ1) is 6.96. The Kier molecular flexibility index (Phi) is 2.22. The second-order valence-corrected chi connectivity index (χ2v) is 3.65. The molecule has 1 N–H and O–H groups in total. The van der Waals surface area contributed by atoms with Gasteiger partial charge < -0.3 is 9.84 Å². The molecule has 0 aromatic carbocycles. The molecule has 1 saturated heterocycles. The molecule has 0 spiro atoms. The summed E-state index contributed by atoms with van der Waals surface area (Å²) >= 11 is 0. The molecular weight excluding hydrogens is 211 g/mol. The Balaban J connectivity index is 2.43. The van der Waals surface area contributed by atoms with Crippen LogP contribution in [0.2, 0.25) is 0 Å². The van der Waals surface area contributed by atoms with Crippen LogP contribution in [0.4, 0.5) is 13.2 Å². The molecule has 2 heterocycles. The van der Waals surface area contributed by atoms with Crippen LogP contribution in [-0.2, 0) is 5.41 Å². The summed E-state index contributed by atoms with van der Waals surface area (Å²) in [7, 11) is 0. The molecule has 1 aromatic heterocycles. The fourth-order valence-electron chi connectivity index (χ4n) is 1.73. The van der Waals surface area contributed by atoms with Crippen molar-refractivity contribution >= 4 is 0 Å². The maximum absolute atomic E-state index is 12.9. The first-order valence-electron chi connectivity index (χ1n) is 4.54. The first kappa shape index (κ1) is 10.4. The molecule has 15 heavy (non-hydrogen) atoms. The molecule has 0 amide bonds. The van der Waals surface area contributed by atoms with E-state index in [0.717, 1.165) is 0 Å². The van der Waals surface area contributed by atoms with Gasteiger partial charge in [-0.05, 0) is 19.9 Å². The minimum atomic E-state index is -4.37. The highest BCUT2D eigenvalue weighted by Gasteiger charge is 2.61. The van der Waals surface area contributed by atoms with E-state index in [-0.39, 0.29) is 24.7 Å². The van der Waals surface area contributed by atoms with Gasteiger partial charge in [0, 0.05) is 6.54 Å². The van der Waals surface area contributed by atoms with Gasteiger partial charge in [-0.3, -0.25) is 0 Å². The number of halogens is 3. The number of nitrogens with one attached hydrogen (secondary N) is 1. The molecule has 4 nitrogen and oxygen atoms in total. The summed E-state index contributed by atoms with van der Waals surface area (Å²) in [5.74, 6) is -0.113. The maximum Gasteiger partial charge on any atom is 0.404 e. The second kappa shape index (κ2) is 3.19. The lowest BCUT2D eigenvalue weighted by Gasteiger charge is -2.26. The molecule has 1 aliphatic heterocycles. The van der Waals surface area contributed by atoms with Crippen molar-refractivity contribution in [3.63, 3.8) is 0 Å². The average molecular weight is 221 g/mol. The highest BCUT2D eigenvalue weighted by Crippen LogP contribution is 2.44. The largest absolute Gasteiger partial charge is 0.404 e. The third-order valence-electron chi connectivity index (χ3n) is 2.63. The summed E-state index contributed by atoms with van der Waals surface area (Å²) < 4.78 is 43.5. The van der Waals surface area contributed by atoms with Gasteiger partial charge in [-0.15, -0.1) is 0 Å². The smallest absolute Gasteiger partial charge is 0.338 e. The minimum absolute atomic E-state index is 0.0574. The fraction of sp³-hybridized carbons (Fsp3) is 0.750. The number of hydrogen-bond donors (Lipinski definition) is 1. The summed E-state index contributed by atoms with van der Waals surface area (Å²) in [5.41, 5.74) is -2.01. The molecule has 1 aliphatic rings. The standard InChI is InChI=1S/C8H10F3N3O/c1-5-13-6(15-14-5)7(8(9,10)11)2-3-12-4-7/h12H,2-4H2,1H3. The molecular formula is C8H10F3N3O. The van der Waals surface area contributed by atoms with Crippen molar-refractivity contribution in [1.82, 2.24) is 15.5 Å². The SMILES string of the molecule is Cc1noc(C2(C(F)(F)F)CCNC2)n1. The van der Waals surface area contributed by atoms with Crippen LogP contribution in [-0.4, -0.2) is 29.4 Å². The van der Waals surface area contributed by atoms with Crippen LogP contribution >= 0.6 is 0 Å². The number of aryl methyl sites for hydroxylation is 1. The Morgan fingerprint density at radius 3 is 2.60 bits per heavy atom. The fourth-order valence-corrected chi connectivity index (χ4v) is 1.73. The molecule has 0 aliphatic carbocycles. The quantitative estimate of drug-likeness (QED) is 0.773. The highest BCUT2D eigenvalue weighted by molar-refractivity contribution is 5.14. The van der Waals surface area contributed by atoms with E-state index in [0.29, 0.717) is 6.54 Å². The van der Waals surface area contributed by atoms with E-state index in [4.69, 9.17) is 0 Å². The zero-order valence-electron chi connectivity index (χ0n) is 8.06. The average Bonchev–Trinajstić information content (AvgIpc) is 2.69. The van der Waals surface area contributed by atoms with Crippen LogP contribution in [0.3, 0.4) is 0 Å². The predicted octanol–water partition coefficient (Wildman–Crippen LogP) is 1.17.